The van der Waals surface area contributed by atoms with Gasteiger partial charge in [0.05, 0.1) is 5.60 Å². The number of methoxy groups -OCH3 is 1. The van der Waals surface area contributed by atoms with E-state index in [1.54, 1.807) is 0 Å². The second kappa shape index (κ2) is 7.77. The van der Waals surface area contributed by atoms with E-state index in [-0.39, 0.29) is 5.60 Å². The Bertz CT molecular complexity index is 270. The zero-order chi connectivity index (χ0) is 15.2. The van der Waals surface area contributed by atoms with Crippen molar-refractivity contribution in [2.24, 2.45) is 0 Å². The van der Waals surface area contributed by atoms with Gasteiger partial charge in [-0.15, -0.1) is 0 Å². The van der Waals surface area contributed by atoms with E-state index in [9.17, 15) is 0 Å². The Labute approximate surface area is 126 Å². The van der Waals surface area contributed by atoms with Gasteiger partial charge in [-0.1, -0.05) is 26.2 Å². The van der Waals surface area contributed by atoms with Gasteiger partial charge in [-0.3, -0.25) is 0 Å². The molecule has 1 unspecified atom stereocenters. The first-order valence-electron chi connectivity index (χ1n) is 8.34. The maximum atomic E-state index is 5.61. The molecule has 120 valence electrons. The number of hydrogen-bond acceptors (Lipinski definition) is 3. The van der Waals surface area contributed by atoms with E-state index in [1.807, 2.05) is 7.11 Å². The van der Waals surface area contributed by atoms with Gasteiger partial charge < -0.3 is 15.0 Å². The van der Waals surface area contributed by atoms with Crippen LogP contribution in [0.2, 0.25) is 0 Å². The summed E-state index contributed by atoms with van der Waals surface area (Å²) in [4.78, 5) is 2.49. The van der Waals surface area contributed by atoms with Crippen LogP contribution >= 0.6 is 0 Å². The standard InChI is InChI=1S/C17H36N2O/c1-7-18-15(11-14-16(2,3)20-6)17(19(4)5)12-9-8-10-13-17/h15,18H,7-14H2,1-6H3. The second-order valence-corrected chi connectivity index (χ2v) is 7.17. The van der Waals surface area contributed by atoms with Crippen LogP contribution in [0.4, 0.5) is 0 Å². The van der Waals surface area contributed by atoms with E-state index >= 15 is 0 Å². The molecule has 0 heterocycles. The molecule has 3 heteroatoms. The summed E-state index contributed by atoms with van der Waals surface area (Å²) < 4.78 is 5.61. The fourth-order valence-corrected chi connectivity index (χ4v) is 3.67. The van der Waals surface area contributed by atoms with E-state index in [1.165, 1.54) is 38.5 Å². The molecule has 3 nitrogen and oxygen atoms in total. The van der Waals surface area contributed by atoms with Crippen molar-refractivity contribution in [3.63, 3.8) is 0 Å². The molecule has 0 bridgehead atoms. The van der Waals surface area contributed by atoms with Crippen LogP contribution in [-0.4, -0.2) is 49.8 Å². The highest BCUT2D eigenvalue weighted by atomic mass is 16.5. The molecule has 1 atom stereocenters. The Balaban J connectivity index is 2.80. The molecule has 0 aromatic heterocycles. The average Bonchev–Trinajstić information content (AvgIpc) is 2.44. The fourth-order valence-electron chi connectivity index (χ4n) is 3.67. The second-order valence-electron chi connectivity index (χ2n) is 7.17. The summed E-state index contributed by atoms with van der Waals surface area (Å²) in [6.07, 6.45) is 9.08. The first-order valence-corrected chi connectivity index (χ1v) is 8.34. The highest BCUT2D eigenvalue weighted by Gasteiger charge is 2.41. The molecule has 0 aromatic rings. The number of nitrogens with zero attached hydrogens (tertiary/aromatic N) is 1. The third-order valence-electron chi connectivity index (χ3n) is 5.30. The molecule has 1 rings (SSSR count). The normalized spacial score (nSPS) is 21.1. The molecule has 0 radical (unpaired) electrons. The fraction of sp³-hybridized carbons (Fsp3) is 1.00. The van der Waals surface area contributed by atoms with Crippen molar-refractivity contribution in [1.29, 1.82) is 0 Å². The van der Waals surface area contributed by atoms with Crippen molar-refractivity contribution < 1.29 is 4.74 Å². The van der Waals surface area contributed by atoms with Crippen molar-refractivity contribution in [2.45, 2.75) is 82.9 Å². The summed E-state index contributed by atoms with van der Waals surface area (Å²) in [6, 6.07) is 0.567. The highest BCUT2D eigenvalue weighted by molar-refractivity contribution is 5.01. The highest BCUT2D eigenvalue weighted by Crippen LogP contribution is 2.37. The van der Waals surface area contributed by atoms with Crippen molar-refractivity contribution in [3.8, 4) is 0 Å². The number of rotatable bonds is 8. The molecular weight excluding hydrogens is 248 g/mol. The zero-order valence-corrected chi connectivity index (χ0v) is 14.6. The molecule has 0 aromatic carbocycles. The quantitative estimate of drug-likeness (QED) is 0.739. The molecule has 1 aliphatic carbocycles. The van der Waals surface area contributed by atoms with Crippen LogP contribution in [0.15, 0.2) is 0 Å². The number of hydrogen-bond donors (Lipinski definition) is 1. The molecule has 0 spiro atoms. The molecule has 20 heavy (non-hydrogen) atoms. The van der Waals surface area contributed by atoms with Gasteiger partial charge in [-0.2, -0.15) is 0 Å². The van der Waals surface area contributed by atoms with E-state index in [2.05, 4.69) is 45.1 Å². The van der Waals surface area contributed by atoms with Gasteiger partial charge >= 0.3 is 0 Å². The summed E-state index contributed by atoms with van der Waals surface area (Å²) in [6.45, 7) is 7.66. The summed E-state index contributed by atoms with van der Waals surface area (Å²) in [5, 5.41) is 3.77. The predicted molar refractivity (Wildman–Crippen MR) is 87.3 cm³/mol. The van der Waals surface area contributed by atoms with Crippen LogP contribution < -0.4 is 5.32 Å². The monoisotopic (exact) mass is 284 g/mol. The minimum atomic E-state index is -0.0180. The van der Waals surface area contributed by atoms with Gasteiger partial charge in [-0.05, 0) is 60.2 Å². The van der Waals surface area contributed by atoms with Gasteiger partial charge in [0, 0.05) is 18.7 Å². The molecule has 0 aliphatic heterocycles. The lowest BCUT2D eigenvalue weighted by Crippen LogP contribution is -2.60. The Morgan fingerprint density at radius 1 is 1.20 bits per heavy atom. The zero-order valence-electron chi connectivity index (χ0n) is 14.6. The van der Waals surface area contributed by atoms with E-state index < -0.39 is 0 Å². The Hall–Kier alpha value is -0.120. The molecule has 1 saturated carbocycles. The lowest BCUT2D eigenvalue weighted by atomic mass is 9.73. The minimum absolute atomic E-state index is 0.0180. The largest absolute Gasteiger partial charge is 0.379 e. The Morgan fingerprint density at radius 2 is 1.80 bits per heavy atom. The van der Waals surface area contributed by atoms with Gasteiger partial charge in [0.15, 0.2) is 0 Å². The van der Waals surface area contributed by atoms with Crippen molar-refractivity contribution in [3.05, 3.63) is 0 Å². The molecule has 1 fully saturated rings. The first-order chi connectivity index (χ1) is 9.38. The molecule has 1 aliphatic rings. The summed E-state index contributed by atoms with van der Waals surface area (Å²) in [5.41, 5.74) is 0.313. The van der Waals surface area contributed by atoms with Gasteiger partial charge in [0.2, 0.25) is 0 Å². The third kappa shape index (κ3) is 4.44. The van der Waals surface area contributed by atoms with E-state index in [0.717, 1.165) is 13.0 Å². The van der Waals surface area contributed by atoms with Crippen LogP contribution in [0.25, 0.3) is 0 Å². The van der Waals surface area contributed by atoms with Gasteiger partial charge in [0.25, 0.3) is 0 Å². The molecule has 0 amide bonds. The summed E-state index contributed by atoms with van der Waals surface area (Å²) in [7, 11) is 6.35. The molecule has 0 saturated heterocycles. The third-order valence-corrected chi connectivity index (χ3v) is 5.30. The van der Waals surface area contributed by atoms with Crippen LogP contribution in [0.1, 0.15) is 65.7 Å². The van der Waals surface area contributed by atoms with E-state index in [0.29, 0.717) is 11.6 Å². The first kappa shape index (κ1) is 17.9. The Morgan fingerprint density at radius 3 is 2.25 bits per heavy atom. The number of nitrogens with one attached hydrogen (secondary N) is 1. The van der Waals surface area contributed by atoms with Crippen LogP contribution in [0.3, 0.4) is 0 Å². The van der Waals surface area contributed by atoms with Crippen LogP contribution in [0.5, 0.6) is 0 Å². The average molecular weight is 284 g/mol. The van der Waals surface area contributed by atoms with Gasteiger partial charge in [0.1, 0.15) is 0 Å². The Kier molecular flexibility index (Phi) is 6.96. The molecule has 1 N–H and O–H groups in total. The lowest BCUT2D eigenvalue weighted by Gasteiger charge is -2.49. The SMILES string of the molecule is CCNC(CCC(C)(C)OC)C1(N(C)C)CCCCC1. The summed E-state index contributed by atoms with van der Waals surface area (Å²) >= 11 is 0. The number of likely N-dealkylation sites (N-methyl/N-ethyl adjacent to an activating group) is 2. The van der Waals surface area contributed by atoms with E-state index in [4.69, 9.17) is 4.74 Å². The predicted octanol–water partition coefficient (Wildman–Crippen LogP) is 3.43. The maximum absolute atomic E-state index is 5.61. The van der Waals surface area contributed by atoms with Crippen LogP contribution in [-0.2, 0) is 4.74 Å². The smallest absolute Gasteiger partial charge is 0.0623 e. The number of ether oxygens (including phenoxy) is 1. The maximum Gasteiger partial charge on any atom is 0.0623 e. The van der Waals surface area contributed by atoms with Gasteiger partial charge in [-0.25, -0.2) is 0 Å². The van der Waals surface area contributed by atoms with Crippen molar-refractivity contribution >= 4 is 0 Å². The molecular formula is C17H36N2O. The lowest BCUT2D eigenvalue weighted by molar-refractivity contribution is -0.00186. The topological polar surface area (TPSA) is 24.5 Å². The van der Waals surface area contributed by atoms with Crippen molar-refractivity contribution in [1.82, 2.24) is 10.2 Å². The van der Waals surface area contributed by atoms with Crippen LogP contribution in [0, 0.1) is 0 Å². The minimum Gasteiger partial charge on any atom is -0.379 e. The van der Waals surface area contributed by atoms with Crippen molar-refractivity contribution in [2.75, 3.05) is 27.7 Å². The summed E-state index contributed by atoms with van der Waals surface area (Å²) in [5.74, 6) is 0.